The van der Waals surface area contributed by atoms with Gasteiger partial charge in [0.2, 0.25) is 0 Å². The SMILES string of the molecule is Cc1nc(-c2noc3ccc(C(=O)NCCc4ccncc4)cc23)co1. The van der Waals surface area contributed by atoms with E-state index in [4.69, 9.17) is 8.94 Å². The number of hydrogen-bond acceptors (Lipinski definition) is 6. The van der Waals surface area contributed by atoms with Crippen LogP contribution in [-0.4, -0.2) is 27.6 Å². The quantitative estimate of drug-likeness (QED) is 0.595. The zero-order valence-corrected chi connectivity index (χ0v) is 14.1. The van der Waals surface area contributed by atoms with E-state index < -0.39 is 0 Å². The molecule has 4 aromatic rings. The van der Waals surface area contributed by atoms with Crippen molar-refractivity contribution in [3.63, 3.8) is 0 Å². The van der Waals surface area contributed by atoms with Crippen molar-refractivity contribution < 1.29 is 13.7 Å². The highest BCUT2D eigenvalue weighted by Crippen LogP contribution is 2.28. The molecular formula is C19H16N4O3. The maximum absolute atomic E-state index is 12.4. The minimum atomic E-state index is -0.149. The van der Waals surface area contributed by atoms with Crippen LogP contribution in [0.15, 0.2) is 57.9 Å². The summed E-state index contributed by atoms with van der Waals surface area (Å²) in [7, 11) is 0. The number of rotatable bonds is 5. The molecule has 1 N–H and O–H groups in total. The van der Waals surface area contributed by atoms with E-state index in [9.17, 15) is 4.79 Å². The van der Waals surface area contributed by atoms with Crippen LogP contribution in [0.1, 0.15) is 21.8 Å². The number of benzene rings is 1. The highest BCUT2D eigenvalue weighted by Gasteiger charge is 2.16. The number of oxazole rings is 1. The van der Waals surface area contributed by atoms with Gasteiger partial charge in [0.25, 0.3) is 5.91 Å². The van der Waals surface area contributed by atoms with Crippen LogP contribution in [0.25, 0.3) is 22.4 Å². The highest BCUT2D eigenvalue weighted by atomic mass is 16.5. The highest BCUT2D eigenvalue weighted by molar-refractivity contribution is 6.00. The topological polar surface area (TPSA) is 94.0 Å². The van der Waals surface area contributed by atoms with E-state index in [1.807, 2.05) is 12.1 Å². The lowest BCUT2D eigenvalue weighted by atomic mass is 10.1. The van der Waals surface area contributed by atoms with Gasteiger partial charge < -0.3 is 14.3 Å². The summed E-state index contributed by atoms with van der Waals surface area (Å²) in [6, 6.07) is 9.07. The third-order valence-electron chi connectivity index (χ3n) is 4.04. The van der Waals surface area contributed by atoms with Crippen LogP contribution in [0.4, 0.5) is 0 Å². The average molecular weight is 348 g/mol. The third-order valence-corrected chi connectivity index (χ3v) is 4.04. The molecular weight excluding hydrogens is 332 g/mol. The van der Waals surface area contributed by atoms with Crippen molar-refractivity contribution in [1.82, 2.24) is 20.4 Å². The molecule has 0 bridgehead atoms. The number of nitrogens with zero attached hydrogens (tertiary/aromatic N) is 3. The Hall–Kier alpha value is -3.48. The summed E-state index contributed by atoms with van der Waals surface area (Å²) < 4.78 is 10.6. The van der Waals surface area contributed by atoms with Gasteiger partial charge in [0.1, 0.15) is 17.7 Å². The molecule has 0 aliphatic carbocycles. The summed E-state index contributed by atoms with van der Waals surface area (Å²) >= 11 is 0. The second-order valence-corrected chi connectivity index (χ2v) is 5.86. The maximum atomic E-state index is 12.4. The molecule has 0 unspecified atom stereocenters. The normalized spacial score (nSPS) is 11.0. The van der Waals surface area contributed by atoms with E-state index in [-0.39, 0.29) is 5.91 Å². The van der Waals surface area contributed by atoms with Crippen molar-refractivity contribution >= 4 is 16.9 Å². The van der Waals surface area contributed by atoms with E-state index in [1.54, 1.807) is 37.5 Å². The second-order valence-electron chi connectivity index (χ2n) is 5.86. The number of nitrogens with one attached hydrogen (secondary N) is 1. The molecule has 3 heterocycles. The van der Waals surface area contributed by atoms with Gasteiger partial charge in [-0.1, -0.05) is 5.16 Å². The Morgan fingerprint density at radius 3 is 2.81 bits per heavy atom. The first-order valence-electron chi connectivity index (χ1n) is 8.20. The van der Waals surface area contributed by atoms with Crippen molar-refractivity contribution in [2.24, 2.45) is 0 Å². The van der Waals surface area contributed by atoms with Gasteiger partial charge in [-0.2, -0.15) is 0 Å². The summed E-state index contributed by atoms with van der Waals surface area (Å²) in [5, 5.41) is 7.69. The molecule has 1 aromatic carbocycles. The molecule has 0 fully saturated rings. The van der Waals surface area contributed by atoms with E-state index in [0.29, 0.717) is 35.0 Å². The van der Waals surface area contributed by atoms with Crippen LogP contribution < -0.4 is 5.32 Å². The largest absolute Gasteiger partial charge is 0.449 e. The van der Waals surface area contributed by atoms with E-state index in [2.05, 4.69) is 20.4 Å². The van der Waals surface area contributed by atoms with Crippen LogP contribution in [0.3, 0.4) is 0 Å². The molecule has 4 rings (SSSR count). The second kappa shape index (κ2) is 6.79. The number of hydrogen-bond donors (Lipinski definition) is 1. The third kappa shape index (κ3) is 3.19. The van der Waals surface area contributed by atoms with Gasteiger partial charge in [0.15, 0.2) is 11.5 Å². The van der Waals surface area contributed by atoms with Gasteiger partial charge in [0.05, 0.1) is 5.39 Å². The molecule has 130 valence electrons. The standard InChI is InChI=1S/C19H16N4O3/c1-12-22-16(11-25-12)18-15-10-14(2-3-17(15)26-23-18)19(24)21-9-6-13-4-7-20-8-5-13/h2-5,7-8,10-11H,6,9H2,1H3,(H,21,24). The molecule has 0 aliphatic heterocycles. The Labute approximate surface area is 149 Å². The minimum Gasteiger partial charge on any atom is -0.449 e. The molecule has 26 heavy (non-hydrogen) atoms. The lowest BCUT2D eigenvalue weighted by Crippen LogP contribution is -2.25. The fraction of sp³-hybridized carbons (Fsp3) is 0.158. The molecule has 3 aromatic heterocycles. The zero-order chi connectivity index (χ0) is 17.9. The smallest absolute Gasteiger partial charge is 0.251 e. The summed E-state index contributed by atoms with van der Waals surface area (Å²) in [5.74, 6) is 0.394. The lowest BCUT2D eigenvalue weighted by Gasteiger charge is -2.05. The van der Waals surface area contributed by atoms with E-state index in [1.165, 1.54) is 6.26 Å². The van der Waals surface area contributed by atoms with Crippen molar-refractivity contribution in [1.29, 1.82) is 0 Å². The molecule has 0 saturated carbocycles. The molecule has 7 heteroatoms. The number of carbonyl (C=O) groups is 1. The Balaban J connectivity index is 1.52. The van der Waals surface area contributed by atoms with Gasteiger partial charge in [-0.15, -0.1) is 0 Å². The number of carbonyl (C=O) groups excluding carboxylic acids is 1. The summed E-state index contributed by atoms with van der Waals surface area (Å²) in [6.45, 7) is 2.30. The molecule has 0 atom stereocenters. The zero-order valence-electron chi connectivity index (χ0n) is 14.1. The van der Waals surface area contributed by atoms with Crippen LogP contribution in [0.2, 0.25) is 0 Å². The number of fused-ring (bicyclic) bond motifs is 1. The molecule has 0 radical (unpaired) electrons. The lowest BCUT2D eigenvalue weighted by molar-refractivity contribution is 0.0954. The first kappa shape index (κ1) is 16.0. The predicted octanol–water partition coefficient (Wildman–Crippen LogP) is 3.16. The molecule has 1 amide bonds. The number of aryl methyl sites for hydroxylation is 1. The van der Waals surface area contributed by atoms with Crippen molar-refractivity contribution in [2.75, 3.05) is 6.54 Å². The average Bonchev–Trinajstić information content (AvgIpc) is 3.27. The molecule has 7 nitrogen and oxygen atoms in total. The molecule has 0 spiro atoms. The molecule has 0 saturated heterocycles. The van der Waals surface area contributed by atoms with Crippen molar-refractivity contribution in [2.45, 2.75) is 13.3 Å². The Morgan fingerprint density at radius 1 is 1.19 bits per heavy atom. The van der Waals surface area contributed by atoms with Gasteiger partial charge in [-0.25, -0.2) is 4.98 Å². The van der Waals surface area contributed by atoms with Crippen LogP contribution >= 0.6 is 0 Å². The van der Waals surface area contributed by atoms with Crippen LogP contribution in [0, 0.1) is 6.92 Å². The van der Waals surface area contributed by atoms with Gasteiger partial charge >= 0.3 is 0 Å². The van der Waals surface area contributed by atoms with Crippen molar-refractivity contribution in [3.05, 3.63) is 66.0 Å². The fourth-order valence-corrected chi connectivity index (χ4v) is 2.71. The van der Waals surface area contributed by atoms with Crippen LogP contribution in [0.5, 0.6) is 0 Å². The Kier molecular flexibility index (Phi) is 4.18. The minimum absolute atomic E-state index is 0.149. The summed E-state index contributed by atoms with van der Waals surface area (Å²) in [5.41, 5.74) is 3.39. The van der Waals surface area contributed by atoms with Crippen molar-refractivity contribution in [3.8, 4) is 11.4 Å². The Bertz CT molecular complexity index is 1050. The van der Waals surface area contributed by atoms with E-state index in [0.717, 1.165) is 17.4 Å². The summed E-state index contributed by atoms with van der Waals surface area (Å²) in [6.07, 6.45) is 5.75. The van der Waals surface area contributed by atoms with Gasteiger partial charge in [-0.3, -0.25) is 9.78 Å². The Morgan fingerprint density at radius 2 is 2.04 bits per heavy atom. The number of aromatic nitrogens is 3. The predicted molar refractivity (Wildman–Crippen MR) is 94.5 cm³/mol. The fourth-order valence-electron chi connectivity index (χ4n) is 2.71. The maximum Gasteiger partial charge on any atom is 0.251 e. The monoisotopic (exact) mass is 348 g/mol. The first-order chi connectivity index (χ1) is 12.7. The summed E-state index contributed by atoms with van der Waals surface area (Å²) in [4.78, 5) is 20.7. The van der Waals surface area contributed by atoms with E-state index >= 15 is 0 Å². The number of pyridine rings is 1. The first-order valence-corrected chi connectivity index (χ1v) is 8.20. The number of amides is 1. The van der Waals surface area contributed by atoms with Crippen LogP contribution in [-0.2, 0) is 6.42 Å². The molecule has 0 aliphatic rings. The van der Waals surface area contributed by atoms with Gasteiger partial charge in [-0.05, 0) is 42.3 Å². The van der Waals surface area contributed by atoms with Gasteiger partial charge in [0, 0.05) is 31.4 Å².